The van der Waals surface area contributed by atoms with Crippen LogP contribution in [-0.2, 0) is 6.18 Å². The number of anilines is 1. The third-order valence-corrected chi connectivity index (χ3v) is 4.10. The Morgan fingerprint density at radius 1 is 1.07 bits per heavy atom. The summed E-state index contributed by atoms with van der Waals surface area (Å²) in [6.07, 6.45) is -3.78. The van der Waals surface area contributed by atoms with E-state index in [4.69, 9.17) is 5.73 Å². The zero-order chi connectivity index (χ0) is 19.6. The molecule has 0 spiro atoms. The SMILES string of the molecule is CCCNC(=O)c1nnc2c(-c3ccccc3C(F)(F)F)cccc2c1N. The lowest BCUT2D eigenvalue weighted by molar-refractivity contribution is -0.137. The Morgan fingerprint density at radius 2 is 1.78 bits per heavy atom. The van der Waals surface area contributed by atoms with Crippen molar-refractivity contribution in [2.75, 3.05) is 12.3 Å². The van der Waals surface area contributed by atoms with E-state index in [1.165, 1.54) is 24.3 Å². The second kappa shape index (κ2) is 7.22. The quantitative estimate of drug-likeness (QED) is 0.722. The van der Waals surface area contributed by atoms with Crippen LogP contribution >= 0.6 is 0 Å². The summed E-state index contributed by atoms with van der Waals surface area (Å²) in [5.74, 6) is -0.468. The van der Waals surface area contributed by atoms with Gasteiger partial charge in [0.1, 0.15) is 5.52 Å². The molecular weight excluding hydrogens is 357 g/mol. The molecule has 0 radical (unpaired) electrons. The minimum absolute atomic E-state index is 0.0208. The fraction of sp³-hybridized carbons (Fsp3) is 0.211. The first kappa shape index (κ1) is 18.6. The molecule has 0 atom stereocenters. The van der Waals surface area contributed by atoms with Crippen LogP contribution in [0, 0.1) is 0 Å². The molecule has 2 aromatic carbocycles. The number of hydrogen-bond acceptors (Lipinski definition) is 4. The van der Waals surface area contributed by atoms with Gasteiger partial charge >= 0.3 is 6.18 Å². The molecule has 0 aliphatic heterocycles. The van der Waals surface area contributed by atoms with Gasteiger partial charge in [-0.15, -0.1) is 10.2 Å². The number of nitrogens with two attached hydrogens (primary N) is 1. The van der Waals surface area contributed by atoms with Crippen molar-refractivity contribution in [1.29, 1.82) is 0 Å². The predicted octanol–water partition coefficient (Wildman–Crippen LogP) is 4.04. The molecule has 0 aliphatic carbocycles. The van der Waals surface area contributed by atoms with Gasteiger partial charge in [0.15, 0.2) is 5.69 Å². The average Bonchev–Trinajstić information content (AvgIpc) is 2.65. The molecular formula is C19H17F3N4O. The zero-order valence-corrected chi connectivity index (χ0v) is 14.5. The summed E-state index contributed by atoms with van der Waals surface area (Å²) in [5.41, 5.74) is 5.78. The lowest BCUT2D eigenvalue weighted by Gasteiger charge is -2.15. The normalized spacial score (nSPS) is 11.6. The summed E-state index contributed by atoms with van der Waals surface area (Å²) in [6, 6.07) is 9.94. The summed E-state index contributed by atoms with van der Waals surface area (Å²) in [4.78, 5) is 12.2. The minimum Gasteiger partial charge on any atom is -0.396 e. The number of nitrogens with one attached hydrogen (secondary N) is 1. The van der Waals surface area contributed by atoms with Gasteiger partial charge in [-0.25, -0.2) is 0 Å². The largest absolute Gasteiger partial charge is 0.417 e. The van der Waals surface area contributed by atoms with Crippen LogP contribution in [0.4, 0.5) is 18.9 Å². The Labute approximate surface area is 153 Å². The third-order valence-electron chi connectivity index (χ3n) is 4.10. The second-order valence-electron chi connectivity index (χ2n) is 5.96. The highest BCUT2D eigenvalue weighted by Gasteiger charge is 2.33. The van der Waals surface area contributed by atoms with Crippen LogP contribution in [0.3, 0.4) is 0 Å². The van der Waals surface area contributed by atoms with Gasteiger partial charge in [-0.3, -0.25) is 4.79 Å². The van der Waals surface area contributed by atoms with Crippen molar-refractivity contribution in [3.63, 3.8) is 0 Å². The summed E-state index contributed by atoms with van der Waals surface area (Å²) >= 11 is 0. The lowest BCUT2D eigenvalue weighted by atomic mass is 9.96. The van der Waals surface area contributed by atoms with Crippen LogP contribution in [0.2, 0.25) is 0 Å². The molecule has 0 unspecified atom stereocenters. The zero-order valence-electron chi connectivity index (χ0n) is 14.5. The maximum absolute atomic E-state index is 13.4. The Bertz CT molecular complexity index is 1000. The fourth-order valence-electron chi connectivity index (χ4n) is 2.82. The highest BCUT2D eigenvalue weighted by atomic mass is 19.4. The van der Waals surface area contributed by atoms with E-state index in [-0.39, 0.29) is 28.0 Å². The molecule has 27 heavy (non-hydrogen) atoms. The van der Waals surface area contributed by atoms with Crippen molar-refractivity contribution >= 4 is 22.5 Å². The minimum atomic E-state index is -4.52. The van der Waals surface area contributed by atoms with Crippen molar-refractivity contribution in [2.45, 2.75) is 19.5 Å². The topological polar surface area (TPSA) is 80.9 Å². The molecule has 0 fully saturated rings. The molecule has 3 rings (SSSR count). The molecule has 0 aliphatic rings. The van der Waals surface area contributed by atoms with Crippen LogP contribution in [0.25, 0.3) is 22.0 Å². The number of aromatic nitrogens is 2. The van der Waals surface area contributed by atoms with Gasteiger partial charge in [-0.1, -0.05) is 43.3 Å². The number of hydrogen-bond donors (Lipinski definition) is 2. The molecule has 0 saturated heterocycles. The maximum atomic E-state index is 13.4. The van der Waals surface area contributed by atoms with Crippen LogP contribution < -0.4 is 11.1 Å². The smallest absolute Gasteiger partial charge is 0.396 e. The van der Waals surface area contributed by atoms with Crippen LogP contribution in [-0.4, -0.2) is 22.6 Å². The highest BCUT2D eigenvalue weighted by molar-refractivity contribution is 6.07. The van der Waals surface area contributed by atoms with Gasteiger partial charge in [0.2, 0.25) is 0 Å². The van der Waals surface area contributed by atoms with E-state index in [9.17, 15) is 18.0 Å². The summed E-state index contributed by atoms with van der Waals surface area (Å²) in [5, 5.41) is 10.9. The first-order chi connectivity index (χ1) is 12.8. The molecule has 0 saturated carbocycles. The number of carbonyl (C=O) groups is 1. The molecule has 1 amide bonds. The number of benzene rings is 2. The number of halogens is 3. The molecule has 8 heteroatoms. The number of carbonyl (C=O) groups excluding carboxylic acids is 1. The van der Waals surface area contributed by atoms with E-state index in [1.54, 1.807) is 12.1 Å². The summed E-state index contributed by atoms with van der Waals surface area (Å²) < 4.78 is 40.2. The van der Waals surface area contributed by atoms with Gasteiger partial charge in [-0.05, 0) is 18.1 Å². The average molecular weight is 374 g/mol. The van der Waals surface area contributed by atoms with Gasteiger partial charge in [0, 0.05) is 17.5 Å². The molecule has 1 heterocycles. The Morgan fingerprint density at radius 3 is 2.48 bits per heavy atom. The fourth-order valence-corrected chi connectivity index (χ4v) is 2.82. The van der Waals surface area contributed by atoms with Crippen molar-refractivity contribution in [2.24, 2.45) is 0 Å². The number of alkyl halides is 3. The number of amides is 1. The van der Waals surface area contributed by atoms with E-state index in [0.29, 0.717) is 11.9 Å². The van der Waals surface area contributed by atoms with Gasteiger partial charge in [0.25, 0.3) is 5.91 Å². The van der Waals surface area contributed by atoms with Crippen molar-refractivity contribution in [1.82, 2.24) is 15.5 Å². The maximum Gasteiger partial charge on any atom is 0.417 e. The Hall–Kier alpha value is -3.16. The molecule has 1 aromatic heterocycles. The molecule has 3 aromatic rings. The van der Waals surface area contributed by atoms with Crippen molar-refractivity contribution in [3.8, 4) is 11.1 Å². The third kappa shape index (κ3) is 3.55. The highest BCUT2D eigenvalue weighted by Crippen LogP contribution is 2.39. The van der Waals surface area contributed by atoms with Crippen LogP contribution in [0.5, 0.6) is 0 Å². The first-order valence-electron chi connectivity index (χ1n) is 8.34. The van der Waals surface area contributed by atoms with Crippen LogP contribution in [0.15, 0.2) is 42.5 Å². The lowest BCUT2D eigenvalue weighted by Crippen LogP contribution is -2.26. The van der Waals surface area contributed by atoms with E-state index in [1.807, 2.05) is 6.92 Å². The number of fused-ring (bicyclic) bond motifs is 1. The molecule has 140 valence electrons. The summed E-state index contributed by atoms with van der Waals surface area (Å²) in [6.45, 7) is 2.36. The summed E-state index contributed by atoms with van der Waals surface area (Å²) in [7, 11) is 0. The van der Waals surface area contributed by atoms with Gasteiger partial charge < -0.3 is 11.1 Å². The van der Waals surface area contributed by atoms with E-state index in [0.717, 1.165) is 12.5 Å². The molecule has 3 N–H and O–H groups in total. The number of nitrogens with zero attached hydrogens (tertiary/aromatic N) is 2. The van der Waals surface area contributed by atoms with Crippen molar-refractivity contribution in [3.05, 3.63) is 53.7 Å². The Balaban J connectivity index is 2.18. The van der Waals surface area contributed by atoms with E-state index in [2.05, 4.69) is 15.5 Å². The van der Waals surface area contributed by atoms with Gasteiger partial charge in [0.05, 0.1) is 11.3 Å². The van der Waals surface area contributed by atoms with Crippen LogP contribution in [0.1, 0.15) is 29.4 Å². The number of nitrogen functional groups attached to an aromatic ring is 1. The monoisotopic (exact) mass is 374 g/mol. The second-order valence-corrected chi connectivity index (χ2v) is 5.96. The van der Waals surface area contributed by atoms with Gasteiger partial charge in [-0.2, -0.15) is 13.2 Å². The number of rotatable bonds is 4. The molecule has 0 bridgehead atoms. The standard InChI is InChI=1S/C19H17F3N4O/c1-2-10-24-18(27)17-15(23)13-8-5-7-12(16(13)25-26-17)11-6-3-4-9-14(11)19(20,21)22/h3-9H,2,10H2,1H3,(H2,23,25)(H,24,27). The van der Waals surface area contributed by atoms with E-state index < -0.39 is 17.6 Å². The van der Waals surface area contributed by atoms with Crippen molar-refractivity contribution < 1.29 is 18.0 Å². The Kier molecular flexibility index (Phi) is 4.98. The molecule has 5 nitrogen and oxygen atoms in total. The van der Waals surface area contributed by atoms with E-state index >= 15 is 0 Å². The first-order valence-corrected chi connectivity index (χ1v) is 8.34. The predicted molar refractivity (Wildman–Crippen MR) is 97.0 cm³/mol.